The molecule has 0 saturated heterocycles. The van der Waals surface area contributed by atoms with Gasteiger partial charge in [-0.15, -0.1) is 12.4 Å². The van der Waals surface area contributed by atoms with Gasteiger partial charge in [0.2, 0.25) is 0 Å². The first-order chi connectivity index (χ1) is 5.63. The quantitative estimate of drug-likeness (QED) is 0.462. The van der Waals surface area contributed by atoms with Crippen molar-refractivity contribution in [3.05, 3.63) is 34.1 Å². The molecule has 0 aromatic heterocycles. The van der Waals surface area contributed by atoms with Crippen molar-refractivity contribution in [2.75, 3.05) is 0 Å². The second kappa shape index (κ2) is 5.16. The molecule has 0 fully saturated rings. The molecule has 1 rings (SSSR count). The van der Waals surface area contributed by atoms with Gasteiger partial charge in [-0.25, -0.2) is 10.2 Å². The fourth-order valence-electron chi connectivity index (χ4n) is 0.768. The highest BCUT2D eigenvalue weighted by Gasteiger charge is 2.05. The first-order valence-electron chi connectivity index (χ1n) is 3.10. The summed E-state index contributed by atoms with van der Waals surface area (Å²) in [5.74, 6) is 3.87. The zero-order valence-electron chi connectivity index (χ0n) is 6.38. The van der Waals surface area contributed by atoms with E-state index in [0.717, 1.165) is 6.07 Å². The lowest BCUT2D eigenvalue weighted by Gasteiger charge is -1.99. The van der Waals surface area contributed by atoms with Crippen molar-refractivity contribution in [1.29, 1.82) is 0 Å². The molecule has 0 aliphatic rings. The first-order valence-corrected chi connectivity index (χ1v) is 3.90. The largest absolute Gasteiger partial charge is 0.290 e. The second-order valence-corrected chi connectivity index (χ2v) is 3.05. The summed E-state index contributed by atoms with van der Waals surface area (Å²) in [5, 5.41) is 0. The maximum absolute atomic E-state index is 12.7. The van der Waals surface area contributed by atoms with Gasteiger partial charge < -0.3 is 0 Å². The van der Waals surface area contributed by atoms with Gasteiger partial charge in [0, 0.05) is 10.0 Å². The number of carbonyl (C=O) groups excluding carboxylic acids is 1. The highest BCUT2D eigenvalue weighted by atomic mass is 79.9. The van der Waals surface area contributed by atoms with Gasteiger partial charge in [-0.1, -0.05) is 15.9 Å². The zero-order chi connectivity index (χ0) is 9.14. The summed E-state index contributed by atoms with van der Waals surface area (Å²) in [6.07, 6.45) is 0. The van der Waals surface area contributed by atoms with Gasteiger partial charge in [-0.2, -0.15) is 0 Å². The highest BCUT2D eigenvalue weighted by molar-refractivity contribution is 9.10. The molecule has 0 heterocycles. The number of rotatable bonds is 1. The van der Waals surface area contributed by atoms with E-state index in [1.807, 2.05) is 5.43 Å². The highest BCUT2D eigenvalue weighted by Crippen LogP contribution is 2.14. The minimum atomic E-state index is -0.518. The van der Waals surface area contributed by atoms with Gasteiger partial charge in [-0.3, -0.25) is 10.2 Å². The SMILES string of the molecule is Cl.NNC(=O)c1cc(F)cc(Br)c1. The van der Waals surface area contributed by atoms with Crippen molar-refractivity contribution in [3.63, 3.8) is 0 Å². The van der Waals surface area contributed by atoms with E-state index in [-0.39, 0.29) is 18.0 Å². The van der Waals surface area contributed by atoms with Crippen LogP contribution in [0.15, 0.2) is 22.7 Å². The van der Waals surface area contributed by atoms with Crippen molar-refractivity contribution in [3.8, 4) is 0 Å². The van der Waals surface area contributed by atoms with Crippen LogP contribution in [0.3, 0.4) is 0 Å². The number of amides is 1. The summed E-state index contributed by atoms with van der Waals surface area (Å²) in [4.78, 5) is 10.9. The molecule has 0 aliphatic carbocycles. The predicted molar refractivity (Wildman–Crippen MR) is 53.0 cm³/mol. The van der Waals surface area contributed by atoms with E-state index in [1.54, 1.807) is 0 Å². The number of hydrazine groups is 1. The Morgan fingerprint density at radius 2 is 2.08 bits per heavy atom. The molecule has 13 heavy (non-hydrogen) atoms. The number of halogens is 3. The van der Waals surface area contributed by atoms with Crippen LogP contribution in [0.5, 0.6) is 0 Å². The topological polar surface area (TPSA) is 55.1 Å². The molecule has 3 N–H and O–H groups in total. The summed E-state index contributed by atoms with van der Waals surface area (Å²) >= 11 is 3.05. The van der Waals surface area contributed by atoms with Crippen molar-refractivity contribution in [1.82, 2.24) is 5.43 Å². The Balaban J connectivity index is 0.00000144. The van der Waals surface area contributed by atoms with Gasteiger partial charge in [-0.05, 0) is 18.2 Å². The maximum Gasteiger partial charge on any atom is 0.265 e. The summed E-state index contributed by atoms with van der Waals surface area (Å²) in [6, 6.07) is 3.84. The Morgan fingerprint density at radius 3 is 2.54 bits per heavy atom. The molecule has 72 valence electrons. The molecule has 0 bridgehead atoms. The number of hydrogen-bond donors (Lipinski definition) is 2. The van der Waals surface area contributed by atoms with Gasteiger partial charge in [0.1, 0.15) is 5.82 Å². The number of nitrogens with one attached hydrogen (secondary N) is 1. The summed E-state index contributed by atoms with van der Waals surface area (Å²) in [5.41, 5.74) is 2.09. The minimum absolute atomic E-state index is 0. The van der Waals surface area contributed by atoms with Crippen LogP contribution < -0.4 is 11.3 Å². The van der Waals surface area contributed by atoms with Crippen LogP contribution in [0.2, 0.25) is 0 Å². The van der Waals surface area contributed by atoms with Crippen molar-refractivity contribution in [2.45, 2.75) is 0 Å². The lowest BCUT2D eigenvalue weighted by atomic mass is 10.2. The third-order valence-electron chi connectivity index (χ3n) is 1.26. The fourth-order valence-corrected chi connectivity index (χ4v) is 1.23. The molecular formula is C7H7BrClFN2O. The van der Waals surface area contributed by atoms with E-state index < -0.39 is 11.7 Å². The Hall–Kier alpha value is -0.650. The Kier molecular flexibility index (Phi) is 4.90. The number of nitrogen functional groups attached to an aromatic ring is 1. The summed E-state index contributed by atoms with van der Waals surface area (Å²) < 4.78 is 13.2. The summed E-state index contributed by atoms with van der Waals surface area (Å²) in [6.45, 7) is 0. The summed E-state index contributed by atoms with van der Waals surface area (Å²) in [7, 11) is 0. The van der Waals surface area contributed by atoms with E-state index >= 15 is 0 Å². The smallest absolute Gasteiger partial charge is 0.265 e. The van der Waals surface area contributed by atoms with Crippen LogP contribution >= 0.6 is 28.3 Å². The average Bonchev–Trinajstić information content (AvgIpc) is 2.01. The van der Waals surface area contributed by atoms with E-state index in [1.165, 1.54) is 12.1 Å². The van der Waals surface area contributed by atoms with Crippen molar-refractivity contribution < 1.29 is 9.18 Å². The number of nitrogens with two attached hydrogens (primary N) is 1. The molecule has 0 atom stereocenters. The van der Waals surface area contributed by atoms with Gasteiger partial charge in [0.05, 0.1) is 0 Å². The van der Waals surface area contributed by atoms with Gasteiger partial charge >= 0.3 is 0 Å². The maximum atomic E-state index is 12.7. The zero-order valence-corrected chi connectivity index (χ0v) is 8.78. The molecule has 1 aromatic carbocycles. The minimum Gasteiger partial charge on any atom is -0.290 e. The van der Waals surface area contributed by atoms with E-state index in [4.69, 9.17) is 5.84 Å². The van der Waals surface area contributed by atoms with E-state index in [9.17, 15) is 9.18 Å². The monoisotopic (exact) mass is 268 g/mol. The van der Waals surface area contributed by atoms with Crippen LogP contribution in [-0.4, -0.2) is 5.91 Å². The molecule has 1 amide bonds. The van der Waals surface area contributed by atoms with Crippen LogP contribution in [0.25, 0.3) is 0 Å². The van der Waals surface area contributed by atoms with Crippen LogP contribution in [0.4, 0.5) is 4.39 Å². The molecule has 0 spiro atoms. The van der Waals surface area contributed by atoms with Crippen LogP contribution in [0.1, 0.15) is 10.4 Å². The molecule has 6 heteroatoms. The third kappa shape index (κ3) is 3.30. The normalized spacial score (nSPS) is 8.85. The number of benzene rings is 1. The Labute approximate surface area is 89.0 Å². The first kappa shape index (κ1) is 12.3. The van der Waals surface area contributed by atoms with E-state index in [0.29, 0.717) is 4.47 Å². The molecule has 0 unspecified atom stereocenters. The van der Waals surface area contributed by atoms with Crippen LogP contribution in [-0.2, 0) is 0 Å². The lowest BCUT2D eigenvalue weighted by Crippen LogP contribution is -2.30. The van der Waals surface area contributed by atoms with Gasteiger partial charge in [0.25, 0.3) is 5.91 Å². The molecule has 0 saturated carbocycles. The van der Waals surface area contributed by atoms with Gasteiger partial charge in [0.15, 0.2) is 0 Å². The number of hydrogen-bond acceptors (Lipinski definition) is 2. The molecule has 1 aromatic rings. The van der Waals surface area contributed by atoms with E-state index in [2.05, 4.69) is 15.9 Å². The molecular weight excluding hydrogens is 262 g/mol. The Morgan fingerprint density at radius 1 is 1.46 bits per heavy atom. The molecule has 0 aliphatic heterocycles. The van der Waals surface area contributed by atoms with Crippen LogP contribution in [0, 0.1) is 5.82 Å². The third-order valence-corrected chi connectivity index (χ3v) is 1.71. The predicted octanol–water partition coefficient (Wildman–Crippen LogP) is 1.61. The molecule has 3 nitrogen and oxygen atoms in total. The average molecular weight is 270 g/mol. The Bertz CT molecular complexity index is 301. The standard InChI is InChI=1S/C7H6BrFN2O.ClH/c8-5-1-4(7(12)11-10)2-6(9)3-5;/h1-3H,10H2,(H,11,12);1H. The molecule has 0 radical (unpaired) electrons. The second-order valence-electron chi connectivity index (χ2n) is 2.13. The fraction of sp³-hybridized carbons (Fsp3) is 0. The number of carbonyl (C=O) groups is 1. The lowest BCUT2D eigenvalue weighted by molar-refractivity contribution is 0.0953. The van der Waals surface area contributed by atoms with Crippen molar-refractivity contribution in [2.24, 2.45) is 5.84 Å². The van der Waals surface area contributed by atoms with Crippen molar-refractivity contribution >= 4 is 34.2 Å².